The van der Waals surface area contributed by atoms with Gasteiger partial charge in [-0.25, -0.2) is 17.8 Å². The molecule has 0 atom stereocenters. The molecule has 2 N–H and O–H groups in total. The minimum absolute atomic E-state index is 0.0959. The lowest BCUT2D eigenvalue weighted by atomic mass is 10.1. The van der Waals surface area contributed by atoms with Gasteiger partial charge in [-0.05, 0) is 70.1 Å². The van der Waals surface area contributed by atoms with Crippen LogP contribution in [0.25, 0.3) is 5.69 Å². The van der Waals surface area contributed by atoms with Crippen molar-refractivity contribution in [3.05, 3.63) is 70.5 Å². The van der Waals surface area contributed by atoms with Crippen LogP contribution >= 0.6 is 0 Å². The number of nitrogens with one attached hydrogen (secondary N) is 2. The number of nitrogens with zero attached hydrogens (tertiary/aromatic N) is 2. The van der Waals surface area contributed by atoms with Crippen molar-refractivity contribution in [2.45, 2.75) is 32.6 Å². The van der Waals surface area contributed by atoms with E-state index in [9.17, 15) is 13.2 Å². The Labute approximate surface area is 170 Å². The van der Waals surface area contributed by atoms with Gasteiger partial charge >= 0.3 is 0 Å². The van der Waals surface area contributed by atoms with E-state index >= 15 is 0 Å². The first-order chi connectivity index (χ1) is 13.7. The van der Waals surface area contributed by atoms with Crippen molar-refractivity contribution in [1.82, 2.24) is 14.5 Å². The molecule has 0 aliphatic heterocycles. The molecule has 0 saturated carbocycles. The second-order valence-electron chi connectivity index (χ2n) is 6.87. The highest BCUT2D eigenvalue weighted by molar-refractivity contribution is 7.89. The summed E-state index contributed by atoms with van der Waals surface area (Å²) < 4.78 is 28.7. The molecule has 3 rings (SSSR count). The summed E-state index contributed by atoms with van der Waals surface area (Å²) in [5.41, 5.74) is 4.56. The maximum absolute atomic E-state index is 12.9. The normalized spacial score (nSPS) is 11.5. The van der Waals surface area contributed by atoms with Gasteiger partial charge in [0.2, 0.25) is 10.0 Å². The van der Waals surface area contributed by atoms with Crippen LogP contribution in [-0.2, 0) is 10.0 Å². The van der Waals surface area contributed by atoms with Gasteiger partial charge in [0.1, 0.15) is 0 Å². The molecule has 0 spiro atoms. The summed E-state index contributed by atoms with van der Waals surface area (Å²) in [6.07, 6.45) is 0. The molecule has 0 fully saturated rings. The van der Waals surface area contributed by atoms with Crippen LogP contribution in [0.2, 0.25) is 0 Å². The van der Waals surface area contributed by atoms with Gasteiger partial charge in [0.05, 0.1) is 27.7 Å². The van der Waals surface area contributed by atoms with Crippen molar-refractivity contribution in [3.8, 4) is 5.69 Å². The fourth-order valence-electron chi connectivity index (χ4n) is 3.18. The number of aromatic nitrogens is 2. The molecule has 152 valence electrons. The number of hydrogen-bond donors (Lipinski definition) is 2. The second-order valence-corrected chi connectivity index (χ2v) is 8.73. The predicted molar refractivity (Wildman–Crippen MR) is 113 cm³/mol. The largest absolute Gasteiger partial charge is 0.319 e. The van der Waals surface area contributed by atoms with Crippen molar-refractivity contribution in [2.75, 3.05) is 12.4 Å². The number of anilines is 1. The molecule has 0 unspecified atom stereocenters. The van der Waals surface area contributed by atoms with E-state index in [1.807, 2.05) is 44.2 Å². The number of carbonyl (C=O) groups is 1. The van der Waals surface area contributed by atoms with Crippen LogP contribution in [-0.4, -0.2) is 31.2 Å². The fourth-order valence-corrected chi connectivity index (χ4v) is 4.24. The molecule has 0 aliphatic rings. The molecule has 0 bridgehead atoms. The number of amides is 1. The molecule has 8 heteroatoms. The molecule has 29 heavy (non-hydrogen) atoms. The first-order valence-electron chi connectivity index (χ1n) is 9.13. The van der Waals surface area contributed by atoms with Gasteiger partial charge in [0.25, 0.3) is 5.91 Å². The molecule has 3 aromatic rings. The average molecular weight is 413 g/mol. The van der Waals surface area contributed by atoms with Crippen LogP contribution < -0.4 is 10.0 Å². The third-order valence-electron chi connectivity index (χ3n) is 4.97. The third-order valence-corrected chi connectivity index (χ3v) is 6.51. The Kier molecular flexibility index (Phi) is 5.59. The Morgan fingerprint density at radius 3 is 2.31 bits per heavy atom. The smallest absolute Gasteiger partial charge is 0.255 e. The fraction of sp³-hybridized carbons (Fsp3) is 0.238. The van der Waals surface area contributed by atoms with Crippen molar-refractivity contribution in [2.24, 2.45) is 0 Å². The van der Waals surface area contributed by atoms with E-state index in [0.717, 1.165) is 16.9 Å². The lowest BCUT2D eigenvalue weighted by Crippen LogP contribution is -2.21. The van der Waals surface area contributed by atoms with E-state index in [-0.39, 0.29) is 16.4 Å². The van der Waals surface area contributed by atoms with Gasteiger partial charge in [-0.1, -0.05) is 18.2 Å². The molecular weight excluding hydrogens is 388 g/mol. The maximum atomic E-state index is 12.9. The third kappa shape index (κ3) is 3.94. The van der Waals surface area contributed by atoms with E-state index in [0.29, 0.717) is 16.9 Å². The number of rotatable bonds is 5. The average Bonchev–Trinajstić information content (AvgIpc) is 2.98. The van der Waals surface area contributed by atoms with Gasteiger partial charge in [-0.15, -0.1) is 0 Å². The highest BCUT2D eigenvalue weighted by Gasteiger charge is 2.21. The Hall–Kier alpha value is -2.97. The van der Waals surface area contributed by atoms with Crippen molar-refractivity contribution in [1.29, 1.82) is 0 Å². The van der Waals surface area contributed by atoms with E-state index in [4.69, 9.17) is 0 Å². The highest BCUT2D eigenvalue weighted by Crippen LogP contribution is 2.25. The van der Waals surface area contributed by atoms with Crippen LogP contribution in [0, 0.1) is 27.7 Å². The molecular formula is C21H24N4O3S. The summed E-state index contributed by atoms with van der Waals surface area (Å²) in [7, 11) is -2.33. The van der Waals surface area contributed by atoms with E-state index in [2.05, 4.69) is 15.1 Å². The zero-order valence-electron chi connectivity index (χ0n) is 17.1. The van der Waals surface area contributed by atoms with Crippen LogP contribution in [0.1, 0.15) is 32.9 Å². The maximum Gasteiger partial charge on any atom is 0.255 e. The molecule has 0 aliphatic carbocycles. The Morgan fingerprint density at radius 1 is 1.03 bits per heavy atom. The summed E-state index contributed by atoms with van der Waals surface area (Å²) >= 11 is 0. The summed E-state index contributed by atoms with van der Waals surface area (Å²) in [6.45, 7) is 7.20. The Morgan fingerprint density at radius 2 is 1.69 bits per heavy atom. The Balaban J connectivity index is 1.99. The van der Waals surface area contributed by atoms with E-state index in [1.54, 1.807) is 24.6 Å². The van der Waals surface area contributed by atoms with Gasteiger partial charge in [-0.2, -0.15) is 5.10 Å². The monoisotopic (exact) mass is 412 g/mol. The number of sulfonamides is 1. The molecule has 1 aromatic heterocycles. The van der Waals surface area contributed by atoms with Crippen LogP contribution in [0.4, 0.5) is 5.69 Å². The van der Waals surface area contributed by atoms with Gasteiger partial charge in [-0.3, -0.25) is 4.79 Å². The first kappa shape index (κ1) is 20.8. The summed E-state index contributed by atoms with van der Waals surface area (Å²) in [6, 6.07) is 12.7. The predicted octanol–water partition coefficient (Wildman–Crippen LogP) is 3.27. The molecule has 1 heterocycles. The first-order valence-corrected chi connectivity index (χ1v) is 10.6. The molecule has 0 saturated heterocycles. The number of benzene rings is 2. The second kappa shape index (κ2) is 7.81. The SMILES string of the molecule is CNS(=O)(=O)c1cc(C(=O)Nc2c(C)nn(-c3ccccc3)c2C)cc(C)c1C. The minimum Gasteiger partial charge on any atom is -0.319 e. The summed E-state index contributed by atoms with van der Waals surface area (Å²) in [4.78, 5) is 13.0. The van der Waals surface area contributed by atoms with Gasteiger partial charge in [0.15, 0.2) is 0 Å². The zero-order chi connectivity index (χ0) is 21.3. The molecule has 7 nitrogen and oxygen atoms in total. The highest BCUT2D eigenvalue weighted by atomic mass is 32.2. The number of para-hydroxylation sites is 1. The number of hydrogen-bond acceptors (Lipinski definition) is 4. The summed E-state index contributed by atoms with van der Waals surface area (Å²) in [5.74, 6) is -0.389. The van der Waals surface area contributed by atoms with Gasteiger partial charge in [0, 0.05) is 5.56 Å². The zero-order valence-corrected chi connectivity index (χ0v) is 17.9. The molecule has 2 aromatic carbocycles. The quantitative estimate of drug-likeness (QED) is 0.673. The van der Waals surface area contributed by atoms with Crippen LogP contribution in [0.3, 0.4) is 0 Å². The number of aryl methyl sites for hydroxylation is 2. The molecule has 0 radical (unpaired) electrons. The molecule has 1 amide bonds. The minimum atomic E-state index is -3.67. The van der Waals surface area contributed by atoms with Gasteiger partial charge < -0.3 is 5.32 Å². The van der Waals surface area contributed by atoms with E-state index in [1.165, 1.54) is 13.1 Å². The lowest BCUT2D eigenvalue weighted by molar-refractivity contribution is 0.102. The van der Waals surface area contributed by atoms with E-state index < -0.39 is 10.0 Å². The lowest BCUT2D eigenvalue weighted by Gasteiger charge is -2.13. The standard InChI is InChI=1S/C21H24N4O3S/c1-13-11-17(12-19(14(13)2)29(27,28)22-5)21(26)23-20-15(3)24-25(16(20)4)18-9-7-6-8-10-18/h6-12,22H,1-5H3,(H,23,26). The topological polar surface area (TPSA) is 93.1 Å². The number of carbonyl (C=O) groups excluding carboxylic acids is 1. The summed E-state index contributed by atoms with van der Waals surface area (Å²) in [5, 5.41) is 7.42. The van der Waals surface area contributed by atoms with Crippen molar-refractivity contribution in [3.63, 3.8) is 0 Å². The van der Waals surface area contributed by atoms with Crippen molar-refractivity contribution >= 4 is 21.6 Å². The van der Waals surface area contributed by atoms with Crippen LogP contribution in [0.5, 0.6) is 0 Å². The van der Waals surface area contributed by atoms with Crippen LogP contribution in [0.15, 0.2) is 47.4 Å². The Bertz CT molecular complexity index is 1180. The van der Waals surface area contributed by atoms with Crippen molar-refractivity contribution < 1.29 is 13.2 Å².